The van der Waals surface area contributed by atoms with Gasteiger partial charge in [-0.15, -0.1) is 0 Å². The largest absolute Gasteiger partial charge is 0.346 e. The van der Waals surface area contributed by atoms with E-state index in [1.165, 1.54) is 48.2 Å². The standard InChI is InChI=1S/C19H20N2O3/c1-13(16-7-6-14-4-2-3-5-17(14)12-16)20-19(22)15-8-10-18(11-9-15)21(23)24/h6-13H,2-5H2,1H3,(H,20,22). The molecule has 24 heavy (non-hydrogen) atoms. The van der Waals surface area contributed by atoms with Crippen LogP contribution in [0, 0.1) is 10.1 Å². The summed E-state index contributed by atoms with van der Waals surface area (Å²) < 4.78 is 0. The Balaban J connectivity index is 1.70. The lowest BCUT2D eigenvalue weighted by atomic mass is 9.89. The number of rotatable bonds is 4. The molecule has 0 bridgehead atoms. The van der Waals surface area contributed by atoms with Crippen molar-refractivity contribution in [3.63, 3.8) is 0 Å². The van der Waals surface area contributed by atoms with Crippen LogP contribution in [0.3, 0.4) is 0 Å². The molecule has 124 valence electrons. The average Bonchev–Trinajstić information content (AvgIpc) is 2.61. The number of fused-ring (bicyclic) bond motifs is 1. The number of nitro benzene ring substituents is 1. The topological polar surface area (TPSA) is 72.2 Å². The number of amides is 1. The zero-order chi connectivity index (χ0) is 17.1. The van der Waals surface area contributed by atoms with E-state index in [-0.39, 0.29) is 17.6 Å². The number of hydrogen-bond acceptors (Lipinski definition) is 3. The van der Waals surface area contributed by atoms with Crippen LogP contribution >= 0.6 is 0 Å². The highest BCUT2D eigenvalue weighted by Gasteiger charge is 2.15. The summed E-state index contributed by atoms with van der Waals surface area (Å²) in [6.45, 7) is 1.95. The molecule has 0 heterocycles. The number of nitrogens with zero attached hydrogens (tertiary/aromatic N) is 1. The van der Waals surface area contributed by atoms with E-state index >= 15 is 0 Å². The zero-order valence-electron chi connectivity index (χ0n) is 13.6. The molecular formula is C19H20N2O3. The predicted octanol–water partition coefficient (Wildman–Crippen LogP) is 3.96. The Morgan fingerprint density at radius 1 is 1.08 bits per heavy atom. The van der Waals surface area contributed by atoms with Gasteiger partial charge in [-0.05, 0) is 61.4 Å². The molecule has 2 aromatic carbocycles. The molecule has 0 spiro atoms. The minimum Gasteiger partial charge on any atom is -0.346 e. The van der Waals surface area contributed by atoms with Gasteiger partial charge in [0.25, 0.3) is 11.6 Å². The van der Waals surface area contributed by atoms with Crippen LogP contribution in [-0.2, 0) is 12.8 Å². The molecule has 0 aliphatic heterocycles. The number of carbonyl (C=O) groups excluding carboxylic acids is 1. The van der Waals surface area contributed by atoms with Crippen molar-refractivity contribution in [3.8, 4) is 0 Å². The van der Waals surface area contributed by atoms with E-state index in [1.807, 2.05) is 6.92 Å². The van der Waals surface area contributed by atoms with Gasteiger partial charge in [-0.1, -0.05) is 18.2 Å². The van der Waals surface area contributed by atoms with Crippen LogP contribution in [-0.4, -0.2) is 10.8 Å². The number of carbonyl (C=O) groups is 1. The second kappa shape index (κ2) is 6.83. The van der Waals surface area contributed by atoms with Crippen LogP contribution in [0.1, 0.15) is 52.9 Å². The number of aryl methyl sites for hydroxylation is 2. The van der Waals surface area contributed by atoms with Crippen molar-refractivity contribution in [2.75, 3.05) is 0 Å². The molecule has 0 saturated heterocycles. The fraction of sp³-hybridized carbons (Fsp3) is 0.316. The van der Waals surface area contributed by atoms with Crippen LogP contribution in [0.2, 0.25) is 0 Å². The van der Waals surface area contributed by atoms with E-state index in [0.717, 1.165) is 18.4 Å². The Kier molecular flexibility index (Phi) is 4.60. The van der Waals surface area contributed by atoms with Crippen molar-refractivity contribution < 1.29 is 9.72 Å². The molecule has 3 rings (SSSR count). The molecule has 0 radical (unpaired) electrons. The predicted molar refractivity (Wildman–Crippen MR) is 92.1 cm³/mol. The maximum Gasteiger partial charge on any atom is 0.269 e. The SMILES string of the molecule is CC(NC(=O)c1ccc([N+](=O)[O-])cc1)c1ccc2c(c1)CCCC2. The Hall–Kier alpha value is -2.69. The molecule has 0 saturated carbocycles. The van der Waals surface area contributed by atoms with Crippen molar-refractivity contribution in [3.05, 3.63) is 74.8 Å². The van der Waals surface area contributed by atoms with Crippen LogP contribution < -0.4 is 5.32 Å². The van der Waals surface area contributed by atoms with Crippen molar-refractivity contribution in [1.82, 2.24) is 5.32 Å². The normalized spacial score (nSPS) is 14.5. The van der Waals surface area contributed by atoms with Crippen LogP contribution in [0.15, 0.2) is 42.5 Å². The van der Waals surface area contributed by atoms with Gasteiger partial charge in [-0.2, -0.15) is 0 Å². The van der Waals surface area contributed by atoms with E-state index in [1.54, 1.807) is 0 Å². The molecule has 0 aromatic heterocycles. The van der Waals surface area contributed by atoms with Gasteiger partial charge in [0, 0.05) is 17.7 Å². The molecule has 1 aliphatic carbocycles. The highest BCUT2D eigenvalue weighted by molar-refractivity contribution is 5.94. The molecule has 5 heteroatoms. The minimum absolute atomic E-state index is 0.0192. The third-order valence-corrected chi connectivity index (χ3v) is 4.56. The first kappa shape index (κ1) is 16.2. The number of nitrogens with one attached hydrogen (secondary N) is 1. The molecule has 0 fully saturated rings. The third-order valence-electron chi connectivity index (χ3n) is 4.56. The molecule has 1 aliphatic rings. The summed E-state index contributed by atoms with van der Waals surface area (Å²) in [5.74, 6) is -0.227. The van der Waals surface area contributed by atoms with Gasteiger partial charge in [0.1, 0.15) is 0 Å². The molecule has 1 unspecified atom stereocenters. The molecule has 1 amide bonds. The first-order valence-electron chi connectivity index (χ1n) is 8.21. The quantitative estimate of drug-likeness (QED) is 0.683. The van der Waals surface area contributed by atoms with Gasteiger partial charge in [0.2, 0.25) is 0 Å². The summed E-state index contributed by atoms with van der Waals surface area (Å²) in [5, 5.41) is 13.6. The third kappa shape index (κ3) is 3.45. The van der Waals surface area contributed by atoms with Crippen LogP contribution in [0.25, 0.3) is 0 Å². The van der Waals surface area contributed by atoms with Crippen LogP contribution in [0.5, 0.6) is 0 Å². The van der Waals surface area contributed by atoms with Gasteiger partial charge >= 0.3 is 0 Å². The molecule has 1 N–H and O–H groups in total. The fourth-order valence-electron chi connectivity index (χ4n) is 3.12. The minimum atomic E-state index is -0.475. The Labute approximate surface area is 140 Å². The van der Waals surface area contributed by atoms with Gasteiger partial charge in [-0.3, -0.25) is 14.9 Å². The lowest BCUT2D eigenvalue weighted by Gasteiger charge is -2.20. The molecule has 1 atom stereocenters. The second-order valence-corrected chi connectivity index (χ2v) is 6.23. The number of benzene rings is 2. The van der Waals surface area contributed by atoms with Crippen LogP contribution in [0.4, 0.5) is 5.69 Å². The van der Waals surface area contributed by atoms with E-state index in [2.05, 4.69) is 23.5 Å². The van der Waals surface area contributed by atoms with E-state index in [9.17, 15) is 14.9 Å². The summed E-state index contributed by atoms with van der Waals surface area (Å²) in [7, 11) is 0. The maximum absolute atomic E-state index is 12.3. The van der Waals surface area contributed by atoms with Crippen molar-refractivity contribution in [2.45, 2.75) is 38.6 Å². The van der Waals surface area contributed by atoms with Crippen molar-refractivity contribution in [1.29, 1.82) is 0 Å². The lowest BCUT2D eigenvalue weighted by molar-refractivity contribution is -0.384. The zero-order valence-corrected chi connectivity index (χ0v) is 13.6. The highest BCUT2D eigenvalue weighted by atomic mass is 16.6. The van der Waals surface area contributed by atoms with Crippen molar-refractivity contribution >= 4 is 11.6 Å². The smallest absolute Gasteiger partial charge is 0.269 e. The number of non-ortho nitro benzene ring substituents is 1. The summed E-state index contributed by atoms with van der Waals surface area (Å²) in [6, 6.07) is 12.0. The van der Waals surface area contributed by atoms with Crippen molar-refractivity contribution in [2.24, 2.45) is 0 Å². The number of hydrogen-bond donors (Lipinski definition) is 1. The van der Waals surface area contributed by atoms with Gasteiger partial charge in [0.15, 0.2) is 0 Å². The number of nitro groups is 1. The Morgan fingerprint density at radius 2 is 1.75 bits per heavy atom. The maximum atomic E-state index is 12.3. The van der Waals surface area contributed by atoms with E-state index in [4.69, 9.17) is 0 Å². The monoisotopic (exact) mass is 324 g/mol. The summed E-state index contributed by atoms with van der Waals surface area (Å²) in [4.78, 5) is 22.5. The van der Waals surface area contributed by atoms with E-state index in [0.29, 0.717) is 5.56 Å². The first-order valence-corrected chi connectivity index (χ1v) is 8.21. The Bertz CT molecular complexity index is 769. The second-order valence-electron chi connectivity index (χ2n) is 6.23. The summed E-state index contributed by atoms with van der Waals surface area (Å²) >= 11 is 0. The molecule has 2 aromatic rings. The first-order chi connectivity index (χ1) is 11.5. The lowest BCUT2D eigenvalue weighted by Crippen LogP contribution is -2.26. The molecular weight excluding hydrogens is 304 g/mol. The van der Waals surface area contributed by atoms with E-state index < -0.39 is 4.92 Å². The fourth-order valence-corrected chi connectivity index (χ4v) is 3.12. The highest BCUT2D eigenvalue weighted by Crippen LogP contribution is 2.25. The summed E-state index contributed by atoms with van der Waals surface area (Å²) in [5.41, 5.74) is 4.29. The molecule has 5 nitrogen and oxygen atoms in total. The van der Waals surface area contributed by atoms with Gasteiger partial charge in [-0.25, -0.2) is 0 Å². The average molecular weight is 324 g/mol. The Morgan fingerprint density at radius 3 is 2.42 bits per heavy atom. The van der Waals surface area contributed by atoms with Gasteiger partial charge < -0.3 is 5.32 Å². The summed E-state index contributed by atoms with van der Waals surface area (Å²) in [6.07, 6.45) is 4.71. The van der Waals surface area contributed by atoms with Gasteiger partial charge in [0.05, 0.1) is 11.0 Å².